The van der Waals surface area contributed by atoms with Crippen LogP contribution in [0.4, 0.5) is 0 Å². The number of piperidine rings is 1. The third kappa shape index (κ3) is 3.45. The van der Waals surface area contributed by atoms with Gasteiger partial charge < -0.3 is 14.4 Å². The highest BCUT2D eigenvalue weighted by atomic mass is 32.1. The summed E-state index contributed by atoms with van der Waals surface area (Å²) in [4.78, 5) is 27.1. The van der Waals surface area contributed by atoms with Gasteiger partial charge in [0, 0.05) is 24.4 Å². The topological polar surface area (TPSA) is 77.4 Å². The largest absolute Gasteiger partial charge is 0.472 e. The van der Waals surface area contributed by atoms with Crippen LogP contribution in [0, 0.1) is 0 Å². The first-order valence-corrected chi connectivity index (χ1v) is 9.27. The molecule has 2 aromatic heterocycles. The minimum absolute atomic E-state index is 0.0221. The zero-order chi connectivity index (χ0) is 17.9. The van der Waals surface area contributed by atoms with E-state index in [1.54, 1.807) is 17.8 Å². The van der Waals surface area contributed by atoms with Crippen molar-refractivity contribution >= 4 is 27.5 Å². The molecule has 3 aromatic rings. The van der Waals surface area contributed by atoms with Gasteiger partial charge in [-0.3, -0.25) is 4.79 Å². The summed E-state index contributed by atoms with van der Waals surface area (Å²) in [5, 5.41) is 0. The maximum atomic E-state index is 12.9. The van der Waals surface area contributed by atoms with E-state index in [0.717, 1.165) is 29.6 Å². The van der Waals surface area contributed by atoms with Crippen LogP contribution in [0.3, 0.4) is 0 Å². The number of aromatic nitrogens is 3. The summed E-state index contributed by atoms with van der Waals surface area (Å²) in [5.41, 5.74) is 3.40. The standard InChI is InChI=1S/C18H18N4O3S/c1-24-18-19-7-6-16(21-18)25-13-3-2-8-22(10-13)17(23)12-4-5-14-15(9-12)26-11-20-14/h4-7,9,11,13H,2-3,8,10H2,1H3. The highest BCUT2D eigenvalue weighted by Gasteiger charge is 2.26. The molecule has 0 saturated carbocycles. The van der Waals surface area contributed by atoms with Crippen molar-refractivity contribution in [3.63, 3.8) is 0 Å². The van der Waals surface area contributed by atoms with Crippen molar-refractivity contribution in [1.82, 2.24) is 19.9 Å². The Kier molecular flexibility index (Phi) is 4.66. The Morgan fingerprint density at radius 2 is 2.23 bits per heavy atom. The summed E-state index contributed by atoms with van der Waals surface area (Å²) in [6.45, 7) is 1.26. The summed E-state index contributed by atoms with van der Waals surface area (Å²) in [5.74, 6) is 0.482. The van der Waals surface area contributed by atoms with Crippen molar-refractivity contribution in [1.29, 1.82) is 0 Å². The lowest BCUT2D eigenvalue weighted by atomic mass is 10.1. The van der Waals surface area contributed by atoms with Gasteiger partial charge >= 0.3 is 6.01 Å². The third-order valence-corrected chi connectivity index (χ3v) is 5.11. The zero-order valence-electron chi connectivity index (χ0n) is 14.3. The van der Waals surface area contributed by atoms with Crippen LogP contribution in [0.25, 0.3) is 10.2 Å². The predicted octanol–water partition coefficient (Wildman–Crippen LogP) is 2.78. The van der Waals surface area contributed by atoms with Crippen LogP contribution in [0.2, 0.25) is 0 Å². The Morgan fingerprint density at radius 1 is 1.31 bits per heavy atom. The van der Waals surface area contributed by atoms with Gasteiger partial charge in [0.2, 0.25) is 5.88 Å². The van der Waals surface area contributed by atoms with Gasteiger partial charge in [0.15, 0.2) is 0 Å². The van der Waals surface area contributed by atoms with Crippen LogP contribution in [-0.2, 0) is 0 Å². The second-order valence-electron chi connectivity index (χ2n) is 6.05. The number of hydrogen-bond donors (Lipinski definition) is 0. The summed E-state index contributed by atoms with van der Waals surface area (Å²) in [6, 6.07) is 7.61. The lowest BCUT2D eigenvalue weighted by Crippen LogP contribution is -2.44. The third-order valence-electron chi connectivity index (χ3n) is 4.32. The molecule has 26 heavy (non-hydrogen) atoms. The first kappa shape index (κ1) is 16.7. The molecule has 1 aromatic carbocycles. The molecule has 1 fully saturated rings. The van der Waals surface area contributed by atoms with E-state index in [2.05, 4.69) is 15.0 Å². The number of rotatable bonds is 4. The number of benzene rings is 1. The quantitative estimate of drug-likeness (QED) is 0.703. The van der Waals surface area contributed by atoms with Gasteiger partial charge in [0.1, 0.15) is 6.10 Å². The summed E-state index contributed by atoms with van der Waals surface area (Å²) < 4.78 is 12.0. The van der Waals surface area contributed by atoms with Crippen LogP contribution in [0.5, 0.6) is 11.9 Å². The SMILES string of the molecule is COc1nccc(OC2CCCN(C(=O)c3ccc4ncsc4c3)C2)n1. The molecular weight excluding hydrogens is 352 g/mol. The number of likely N-dealkylation sites (tertiary alicyclic amines) is 1. The average Bonchev–Trinajstić information content (AvgIpc) is 3.15. The van der Waals surface area contributed by atoms with E-state index in [0.29, 0.717) is 18.0 Å². The predicted molar refractivity (Wildman–Crippen MR) is 97.8 cm³/mol. The van der Waals surface area contributed by atoms with Crippen molar-refractivity contribution < 1.29 is 14.3 Å². The molecule has 0 spiro atoms. The van der Waals surface area contributed by atoms with E-state index in [1.165, 1.54) is 18.4 Å². The maximum Gasteiger partial charge on any atom is 0.319 e. The minimum Gasteiger partial charge on any atom is -0.472 e. The molecule has 4 rings (SSSR count). The Hall–Kier alpha value is -2.74. The number of hydrogen-bond acceptors (Lipinski definition) is 7. The fourth-order valence-corrected chi connectivity index (χ4v) is 3.77. The van der Waals surface area contributed by atoms with Crippen molar-refractivity contribution in [2.24, 2.45) is 0 Å². The number of ether oxygens (including phenoxy) is 2. The van der Waals surface area contributed by atoms with Crippen molar-refractivity contribution in [2.45, 2.75) is 18.9 Å². The van der Waals surface area contributed by atoms with E-state index in [-0.39, 0.29) is 18.0 Å². The van der Waals surface area contributed by atoms with E-state index in [4.69, 9.17) is 9.47 Å². The molecule has 1 amide bonds. The van der Waals surface area contributed by atoms with Crippen LogP contribution >= 0.6 is 11.3 Å². The number of nitrogens with zero attached hydrogens (tertiary/aromatic N) is 4. The lowest BCUT2D eigenvalue weighted by molar-refractivity contribution is 0.0526. The molecule has 0 aliphatic carbocycles. The number of fused-ring (bicyclic) bond motifs is 1. The molecule has 3 heterocycles. The molecule has 134 valence electrons. The number of methoxy groups -OCH3 is 1. The Morgan fingerprint density at radius 3 is 3.12 bits per heavy atom. The minimum atomic E-state index is -0.0977. The molecule has 1 saturated heterocycles. The summed E-state index contributed by atoms with van der Waals surface area (Å²) in [7, 11) is 1.51. The number of carbonyl (C=O) groups is 1. The molecular formula is C18H18N4O3S. The number of amides is 1. The monoisotopic (exact) mass is 370 g/mol. The van der Waals surface area contributed by atoms with Gasteiger partial charge in [-0.2, -0.15) is 4.98 Å². The van der Waals surface area contributed by atoms with Gasteiger partial charge in [-0.15, -0.1) is 11.3 Å². The van der Waals surface area contributed by atoms with Crippen LogP contribution in [-0.4, -0.2) is 52.1 Å². The van der Waals surface area contributed by atoms with Gasteiger partial charge in [-0.25, -0.2) is 9.97 Å². The smallest absolute Gasteiger partial charge is 0.319 e. The molecule has 1 aliphatic rings. The van der Waals surface area contributed by atoms with E-state index < -0.39 is 0 Å². The normalized spacial score (nSPS) is 17.3. The molecule has 7 nitrogen and oxygen atoms in total. The molecule has 0 bridgehead atoms. The fraction of sp³-hybridized carbons (Fsp3) is 0.333. The van der Waals surface area contributed by atoms with E-state index in [9.17, 15) is 4.79 Å². The van der Waals surface area contributed by atoms with Crippen molar-refractivity contribution in [3.05, 3.63) is 41.5 Å². The van der Waals surface area contributed by atoms with Crippen molar-refractivity contribution in [2.75, 3.05) is 20.2 Å². The molecule has 1 aliphatic heterocycles. The first-order valence-electron chi connectivity index (χ1n) is 8.39. The molecule has 8 heteroatoms. The van der Waals surface area contributed by atoms with Crippen LogP contribution < -0.4 is 9.47 Å². The summed E-state index contributed by atoms with van der Waals surface area (Å²) >= 11 is 1.54. The molecule has 1 atom stereocenters. The van der Waals surface area contributed by atoms with E-state index in [1.807, 2.05) is 23.1 Å². The molecule has 0 radical (unpaired) electrons. The second-order valence-corrected chi connectivity index (χ2v) is 6.94. The number of thiazole rings is 1. The van der Waals surface area contributed by atoms with Crippen LogP contribution in [0.1, 0.15) is 23.2 Å². The average molecular weight is 370 g/mol. The first-order chi connectivity index (χ1) is 12.7. The van der Waals surface area contributed by atoms with Gasteiger partial charge in [0.25, 0.3) is 5.91 Å². The zero-order valence-corrected chi connectivity index (χ0v) is 15.1. The molecule has 1 unspecified atom stereocenters. The van der Waals surface area contributed by atoms with Crippen LogP contribution in [0.15, 0.2) is 36.0 Å². The van der Waals surface area contributed by atoms with E-state index >= 15 is 0 Å². The Labute approximate surface area is 154 Å². The summed E-state index contributed by atoms with van der Waals surface area (Å²) in [6.07, 6.45) is 3.27. The fourth-order valence-electron chi connectivity index (χ4n) is 3.05. The van der Waals surface area contributed by atoms with Gasteiger partial charge in [0.05, 0.1) is 29.4 Å². The Bertz CT molecular complexity index is 929. The van der Waals surface area contributed by atoms with Gasteiger partial charge in [-0.1, -0.05) is 0 Å². The highest BCUT2D eigenvalue weighted by molar-refractivity contribution is 7.16. The highest BCUT2D eigenvalue weighted by Crippen LogP contribution is 2.22. The Balaban J connectivity index is 1.46. The lowest BCUT2D eigenvalue weighted by Gasteiger charge is -2.32. The molecule has 0 N–H and O–H groups in total. The van der Waals surface area contributed by atoms with Gasteiger partial charge in [-0.05, 0) is 31.0 Å². The maximum absolute atomic E-state index is 12.9. The van der Waals surface area contributed by atoms with Crippen molar-refractivity contribution in [3.8, 4) is 11.9 Å². The number of carbonyl (C=O) groups excluding carboxylic acids is 1. The second kappa shape index (κ2) is 7.25.